The number of nitrogens with one attached hydrogen (secondary N) is 2. The van der Waals surface area contributed by atoms with Gasteiger partial charge < -0.3 is 14.8 Å². The number of carbonyl (C=O) groups is 2. The Morgan fingerprint density at radius 2 is 1.49 bits per heavy atom. The van der Waals surface area contributed by atoms with Gasteiger partial charge >= 0.3 is 0 Å². The van der Waals surface area contributed by atoms with Crippen molar-refractivity contribution in [3.8, 4) is 11.5 Å². The molecule has 0 fully saturated rings. The monoisotopic (exact) mass is 469 g/mol. The molecule has 2 amide bonds. The molecule has 7 nitrogen and oxygen atoms in total. The second-order valence-corrected chi connectivity index (χ2v) is 7.43. The first kappa shape index (κ1) is 25.0. The summed E-state index contributed by atoms with van der Waals surface area (Å²) in [7, 11) is 3.06. The Kier molecular flexibility index (Phi) is 8.96. The van der Waals surface area contributed by atoms with Crippen LogP contribution in [0, 0.1) is 0 Å². The molecule has 0 aliphatic heterocycles. The van der Waals surface area contributed by atoms with E-state index in [1.54, 1.807) is 68.7 Å². The van der Waals surface area contributed by atoms with E-state index in [2.05, 4.69) is 15.8 Å². The quantitative estimate of drug-likeness (QED) is 0.271. The van der Waals surface area contributed by atoms with Gasteiger partial charge in [-0.25, -0.2) is 5.43 Å². The third-order valence-corrected chi connectivity index (χ3v) is 4.90. The average molecular weight is 470 g/mol. The Morgan fingerprint density at radius 1 is 0.829 bits per heavy atom. The molecule has 0 atom stereocenters. The number of rotatable bonds is 9. The van der Waals surface area contributed by atoms with Crippen LogP contribution in [0.4, 0.5) is 0 Å². The maximum absolute atomic E-state index is 13.0. The van der Waals surface area contributed by atoms with Crippen LogP contribution in [0.25, 0.3) is 12.2 Å². The van der Waals surface area contributed by atoms with Crippen molar-refractivity contribution in [3.63, 3.8) is 0 Å². The van der Waals surface area contributed by atoms with Crippen molar-refractivity contribution in [2.75, 3.05) is 14.2 Å². The SMILES string of the molecule is COc1ccc(/C=C(/NC(=O)c2ccccc2)C(=O)N/N=C(C)\C=C\c2ccccc2)cc1OC. The summed E-state index contributed by atoms with van der Waals surface area (Å²) >= 11 is 0. The summed E-state index contributed by atoms with van der Waals surface area (Å²) in [5, 5.41) is 6.82. The summed E-state index contributed by atoms with van der Waals surface area (Å²) in [5.74, 6) is 0.0541. The minimum atomic E-state index is -0.573. The normalized spacial score (nSPS) is 11.7. The van der Waals surface area contributed by atoms with Gasteiger partial charge in [-0.3, -0.25) is 9.59 Å². The molecular formula is C28H27N3O4. The average Bonchev–Trinajstić information content (AvgIpc) is 2.91. The fourth-order valence-corrected chi connectivity index (χ4v) is 3.07. The van der Waals surface area contributed by atoms with Gasteiger partial charge in [0.2, 0.25) is 0 Å². The van der Waals surface area contributed by atoms with Gasteiger partial charge in [-0.15, -0.1) is 0 Å². The Bertz CT molecular complexity index is 1250. The Balaban J connectivity index is 1.84. The first-order valence-electron chi connectivity index (χ1n) is 10.9. The van der Waals surface area contributed by atoms with Gasteiger partial charge in [-0.1, -0.05) is 60.7 Å². The fourth-order valence-electron chi connectivity index (χ4n) is 3.07. The molecule has 0 aliphatic rings. The number of benzene rings is 3. The summed E-state index contributed by atoms with van der Waals surface area (Å²) in [6.07, 6.45) is 5.22. The number of ether oxygens (including phenoxy) is 2. The molecule has 3 aromatic carbocycles. The molecule has 178 valence electrons. The van der Waals surface area contributed by atoms with E-state index >= 15 is 0 Å². The van der Waals surface area contributed by atoms with Crippen molar-refractivity contribution in [1.29, 1.82) is 0 Å². The minimum Gasteiger partial charge on any atom is -0.493 e. The van der Waals surface area contributed by atoms with Crippen molar-refractivity contribution in [2.24, 2.45) is 5.10 Å². The topological polar surface area (TPSA) is 89.0 Å². The number of methoxy groups -OCH3 is 2. The number of hydrogen-bond donors (Lipinski definition) is 2. The third-order valence-electron chi connectivity index (χ3n) is 4.90. The van der Waals surface area contributed by atoms with Crippen molar-refractivity contribution >= 4 is 29.7 Å². The van der Waals surface area contributed by atoms with Crippen LogP contribution in [0.5, 0.6) is 11.5 Å². The largest absolute Gasteiger partial charge is 0.493 e. The molecule has 35 heavy (non-hydrogen) atoms. The smallest absolute Gasteiger partial charge is 0.287 e. The van der Waals surface area contributed by atoms with E-state index in [1.807, 2.05) is 42.5 Å². The highest BCUT2D eigenvalue weighted by atomic mass is 16.5. The maximum atomic E-state index is 13.0. The predicted octanol–water partition coefficient (Wildman–Crippen LogP) is 4.68. The van der Waals surface area contributed by atoms with Crippen LogP contribution in [0.15, 0.2) is 95.7 Å². The maximum Gasteiger partial charge on any atom is 0.287 e. The van der Waals surface area contributed by atoms with Gasteiger partial charge in [-0.05, 0) is 54.5 Å². The van der Waals surface area contributed by atoms with E-state index in [9.17, 15) is 9.59 Å². The first-order valence-corrected chi connectivity index (χ1v) is 10.9. The zero-order valence-corrected chi connectivity index (χ0v) is 19.8. The van der Waals surface area contributed by atoms with E-state index in [1.165, 1.54) is 7.11 Å². The molecule has 0 aromatic heterocycles. The summed E-state index contributed by atoms with van der Waals surface area (Å²) in [5.41, 5.74) is 5.18. The lowest BCUT2D eigenvalue weighted by Crippen LogP contribution is -2.33. The number of amides is 2. The molecule has 2 N–H and O–H groups in total. The van der Waals surface area contributed by atoms with Crippen molar-refractivity contribution in [3.05, 3.63) is 107 Å². The second kappa shape index (κ2) is 12.6. The van der Waals surface area contributed by atoms with Crippen molar-refractivity contribution in [1.82, 2.24) is 10.7 Å². The number of carbonyl (C=O) groups excluding carboxylic acids is 2. The lowest BCUT2D eigenvalue weighted by molar-refractivity contribution is -0.117. The Labute approximate surface area is 204 Å². The van der Waals surface area contributed by atoms with Crippen LogP contribution in [0.3, 0.4) is 0 Å². The summed E-state index contributed by atoms with van der Waals surface area (Å²) in [4.78, 5) is 25.7. The molecule has 0 spiro atoms. The molecular weight excluding hydrogens is 442 g/mol. The Hall–Kier alpha value is -4.65. The zero-order chi connectivity index (χ0) is 25.0. The van der Waals surface area contributed by atoms with Crippen LogP contribution in [-0.4, -0.2) is 31.7 Å². The van der Waals surface area contributed by atoms with E-state index < -0.39 is 11.8 Å². The molecule has 0 heterocycles. The fraction of sp³-hybridized carbons (Fsp3) is 0.107. The van der Waals surface area contributed by atoms with Gasteiger partial charge in [0.15, 0.2) is 11.5 Å². The highest BCUT2D eigenvalue weighted by Crippen LogP contribution is 2.28. The van der Waals surface area contributed by atoms with Crippen LogP contribution in [-0.2, 0) is 4.79 Å². The summed E-state index contributed by atoms with van der Waals surface area (Å²) < 4.78 is 10.6. The zero-order valence-electron chi connectivity index (χ0n) is 19.8. The number of hydrazone groups is 1. The molecule has 7 heteroatoms. The van der Waals surface area contributed by atoms with Gasteiger partial charge in [0, 0.05) is 5.56 Å². The van der Waals surface area contributed by atoms with Gasteiger partial charge in [-0.2, -0.15) is 5.10 Å². The molecule has 0 bridgehead atoms. The van der Waals surface area contributed by atoms with E-state index in [-0.39, 0.29) is 5.70 Å². The number of hydrogen-bond acceptors (Lipinski definition) is 5. The predicted molar refractivity (Wildman–Crippen MR) is 138 cm³/mol. The lowest BCUT2D eigenvalue weighted by Gasteiger charge is -2.11. The molecule has 0 aliphatic carbocycles. The lowest BCUT2D eigenvalue weighted by atomic mass is 10.1. The molecule has 3 rings (SSSR count). The van der Waals surface area contributed by atoms with Crippen LogP contribution < -0.4 is 20.2 Å². The molecule has 0 saturated heterocycles. The molecule has 3 aromatic rings. The van der Waals surface area contributed by atoms with E-state index in [0.29, 0.717) is 28.3 Å². The van der Waals surface area contributed by atoms with Crippen LogP contribution in [0.1, 0.15) is 28.4 Å². The van der Waals surface area contributed by atoms with E-state index in [0.717, 1.165) is 5.56 Å². The van der Waals surface area contributed by atoms with E-state index in [4.69, 9.17) is 9.47 Å². The molecule has 0 unspecified atom stereocenters. The second-order valence-electron chi connectivity index (χ2n) is 7.43. The summed E-state index contributed by atoms with van der Waals surface area (Å²) in [6.45, 7) is 1.76. The molecule has 0 radical (unpaired) electrons. The van der Waals surface area contributed by atoms with Gasteiger partial charge in [0.05, 0.1) is 19.9 Å². The summed E-state index contributed by atoms with van der Waals surface area (Å²) in [6, 6.07) is 23.6. The number of allylic oxidation sites excluding steroid dienone is 1. The van der Waals surface area contributed by atoms with Crippen molar-refractivity contribution in [2.45, 2.75) is 6.92 Å². The van der Waals surface area contributed by atoms with Crippen LogP contribution >= 0.6 is 0 Å². The highest BCUT2D eigenvalue weighted by molar-refractivity contribution is 6.06. The highest BCUT2D eigenvalue weighted by Gasteiger charge is 2.15. The third kappa shape index (κ3) is 7.43. The van der Waals surface area contributed by atoms with Gasteiger partial charge in [0.25, 0.3) is 11.8 Å². The Morgan fingerprint density at radius 3 is 2.14 bits per heavy atom. The standard InChI is InChI=1S/C28H27N3O4/c1-20(14-15-21-10-6-4-7-11-21)30-31-28(33)24(29-27(32)23-12-8-5-9-13-23)18-22-16-17-25(34-2)26(19-22)35-3/h4-19H,1-3H3,(H,29,32)(H,31,33)/b15-14+,24-18+,30-20-. The number of nitrogens with zero attached hydrogens (tertiary/aromatic N) is 1. The first-order chi connectivity index (χ1) is 17.0. The molecule has 0 saturated carbocycles. The minimum absolute atomic E-state index is 0.0228. The van der Waals surface area contributed by atoms with Gasteiger partial charge in [0.1, 0.15) is 5.70 Å². The van der Waals surface area contributed by atoms with Crippen molar-refractivity contribution < 1.29 is 19.1 Å². The van der Waals surface area contributed by atoms with Crippen LogP contribution in [0.2, 0.25) is 0 Å².